The van der Waals surface area contributed by atoms with Gasteiger partial charge in [0.2, 0.25) is 5.91 Å². The summed E-state index contributed by atoms with van der Waals surface area (Å²) >= 11 is 3.14. The van der Waals surface area contributed by atoms with E-state index in [0.29, 0.717) is 10.0 Å². The van der Waals surface area contributed by atoms with Crippen LogP contribution in [0.2, 0.25) is 0 Å². The minimum atomic E-state index is -1.04. The van der Waals surface area contributed by atoms with Crippen molar-refractivity contribution >= 4 is 27.8 Å². The number of hydrogen-bond acceptors (Lipinski definition) is 2. The molecule has 0 heterocycles. The van der Waals surface area contributed by atoms with Crippen LogP contribution in [0.1, 0.15) is 24.9 Å². The number of benzene rings is 1. The Bertz CT molecular complexity index is 434. The second-order valence-electron chi connectivity index (χ2n) is 3.52. The number of nitrogens with one attached hydrogen (secondary N) is 1. The molecule has 0 radical (unpaired) electrons. The van der Waals surface area contributed by atoms with Crippen molar-refractivity contribution in [2.45, 2.75) is 19.4 Å². The molecule has 1 atom stereocenters. The lowest BCUT2D eigenvalue weighted by atomic mass is 10.0. The van der Waals surface area contributed by atoms with Crippen LogP contribution in [0, 0.1) is 5.82 Å². The maximum atomic E-state index is 12.9. The third kappa shape index (κ3) is 4.14. The molecule has 4 nitrogen and oxygen atoms in total. The number of aliphatic carboxylic acids is 1. The summed E-state index contributed by atoms with van der Waals surface area (Å²) in [5, 5.41) is 11.3. The molecule has 0 saturated carbocycles. The number of carbonyl (C=O) groups excluding carboxylic acids is 1. The summed E-state index contributed by atoms with van der Waals surface area (Å²) in [6.45, 7) is 1.30. The van der Waals surface area contributed by atoms with Gasteiger partial charge in [-0.15, -0.1) is 0 Å². The van der Waals surface area contributed by atoms with Crippen molar-refractivity contribution in [3.8, 4) is 0 Å². The summed E-state index contributed by atoms with van der Waals surface area (Å²) in [6, 6.07) is 3.21. The lowest BCUT2D eigenvalue weighted by Gasteiger charge is -2.17. The first-order valence-corrected chi connectivity index (χ1v) is 5.63. The molecule has 0 aromatic heterocycles. The van der Waals surface area contributed by atoms with Gasteiger partial charge in [0.1, 0.15) is 5.82 Å². The summed E-state index contributed by atoms with van der Waals surface area (Å²) in [6.07, 6.45) is -0.260. The fourth-order valence-electron chi connectivity index (χ4n) is 1.44. The van der Waals surface area contributed by atoms with E-state index in [1.54, 1.807) is 0 Å². The lowest BCUT2D eigenvalue weighted by Crippen LogP contribution is -2.28. The summed E-state index contributed by atoms with van der Waals surface area (Å²) in [5.74, 6) is -1.81. The van der Waals surface area contributed by atoms with Crippen LogP contribution in [-0.4, -0.2) is 17.0 Å². The van der Waals surface area contributed by atoms with Gasteiger partial charge in [0.05, 0.1) is 12.5 Å². The quantitative estimate of drug-likeness (QED) is 0.896. The van der Waals surface area contributed by atoms with Gasteiger partial charge in [-0.1, -0.05) is 22.0 Å². The predicted molar refractivity (Wildman–Crippen MR) is 62.9 cm³/mol. The maximum Gasteiger partial charge on any atom is 0.305 e. The zero-order valence-corrected chi connectivity index (χ0v) is 10.6. The Kier molecular flexibility index (Phi) is 4.62. The van der Waals surface area contributed by atoms with Gasteiger partial charge in [0, 0.05) is 11.4 Å². The van der Waals surface area contributed by atoms with E-state index < -0.39 is 17.8 Å². The highest BCUT2D eigenvalue weighted by Gasteiger charge is 2.19. The standard InChI is InChI=1S/C11H11BrFNO3/c1-6(15)14-10(5-11(16)17)8-3-2-7(13)4-9(8)12/h2-4,10H,5H2,1H3,(H,14,15)(H,16,17). The number of hydrogen-bond donors (Lipinski definition) is 2. The highest BCUT2D eigenvalue weighted by atomic mass is 79.9. The molecule has 2 N–H and O–H groups in total. The fourth-order valence-corrected chi connectivity index (χ4v) is 2.07. The number of amides is 1. The summed E-state index contributed by atoms with van der Waals surface area (Å²) in [5.41, 5.74) is 0.531. The number of carbonyl (C=O) groups is 2. The fraction of sp³-hybridized carbons (Fsp3) is 0.273. The molecule has 0 fully saturated rings. The first kappa shape index (κ1) is 13.6. The Hall–Kier alpha value is -1.43. The van der Waals surface area contributed by atoms with Gasteiger partial charge in [-0.05, 0) is 17.7 Å². The molecular formula is C11H11BrFNO3. The van der Waals surface area contributed by atoms with Gasteiger partial charge in [0.25, 0.3) is 0 Å². The molecule has 1 amide bonds. The van der Waals surface area contributed by atoms with Crippen molar-refractivity contribution in [3.05, 3.63) is 34.1 Å². The van der Waals surface area contributed by atoms with E-state index >= 15 is 0 Å². The molecule has 1 rings (SSSR count). The molecule has 0 saturated heterocycles. The van der Waals surface area contributed by atoms with Crippen molar-refractivity contribution in [1.29, 1.82) is 0 Å². The Morgan fingerprint density at radius 1 is 1.53 bits per heavy atom. The minimum absolute atomic E-state index is 0.260. The Morgan fingerprint density at radius 2 is 2.18 bits per heavy atom. The van der Waals surface area contributed by atoms with Crippen LogP contribution >= 0.6 is 15.9 Å². The Balaban J connectivity index is 3.02. The van der Waals surface area contributed by atoms with E-state index in [9.17, 15) is 14.0 Å². The van der Waals surface area contributed by atoms with E-state index in [2.05, 4.69) is 21.2 Å². The molecule has 0 aliphatic rings. The molecule has 0 bridgehead atoms. The normalized spacial score (nSPS) is 11.9. The van der Waals surface area contributed by atoms with Crippen LogP contribution < -0.4 is 5.32 Å². The zero-order valence-electron chi connectivity index (χ0n) is 9.04. The van der Waals surface area contributed by atoms with Gasteiger partial charge < -0.3 is 10.4 Å². The molecule has 0 aliphatic carbocycles. The Morgan fingerprint density at radius 3 is 2.65 bits per heavy atom. The van der Waals surface area contributed by atoms with E-state index in [4.69, 9.17) is 5.11 Å². The van der Waals surface area contributed by atoms with Crippen LogP contribution in [0.3, 0.4) is 0 Å². The SMILES string of the molecule is CC(=O)NC(CC(=O)O)c1ccc(F)cc1Br. The molecule has 17 heavy (non-hydrogen) atoms. The average molecular weight is 304 g/mol. The maximum absolute atomic E-state index is 12.9. The van der Waals surface area contributed by atoms with E-state index in [1.807, 2.05) is 0 Å². The van der Waals surface area contributed by atoms with Crippen LogP contribution in [0.25, 0.3) is 0 Å². The van der Waals surface area contributed by atoms with Gasteiger partial charge in [-0.2, -0.15) is 0 Å². The van der Waals surface area contributed by atoms with Crippen LogP contribution in [0.5, 0.6) is 0 Å². The molecule has 1 aromatic carbocycles. The van der Waals surface area contributed by atoms with Crippen molar-refractivity contribution in [1.82, 2.24) is 5.32 Å². The molecule has 0 spiro atoms. The zero-order chi connectivity index (χ0) is 13.0. The monoisotopic (exact) mass is 303 g/mol. The Labute approximate surface area is 106 Å². The van der Waals surface area contributed by atoms with Crippen LogP contribution in [0.4, 0.5) is 4.39 Å². The van der Waals surface area contributed by atoms with Crippen LogP contribution in [-0.2, 0) is 9.59 Å². The molecular weight excluding hydrogens is 293 g/mol. The van der Waals surface area contributed by atoms with E-state index in [1.165, 1.54) is 25.1 Å². The molecule has 92 valence electrons. The van der Waals surface area contributed by atoms with Crippen molar-refractivity contribution < 1.29 is 19.1 Å². The average Bonchev–Trinajstić information content (AvgIpc) is 2.14. The van der Waals surface area contributed by atoms with E-state index in [-0.39, 0.29) is 12.3 Å². The predicted octanol–water partition coefficient (Wildman–Crippen LogP) is 2.24. The second-order valence-corrected chi connectivity index (χ2v) is 4.37. The van der Waals surface area contributed by atoms with Gasteiger partial charge >= 0.3 is 5.97 Å². The highest BCUT2D eigenvalue weighted by molar-refractivity contribution is 9.10. The third-order valence-corrected chi connectivity index (χ3v) is 2.78. The third-order valence-electron chi connectivity index (χ3n) is 2.09. The first-order valence-electron chi connectivity index (χ1n) is 4.84. The molecule has 0 aliphatic heterocycles. The van der Waals surface area contributed by atoms with Gasteiger partial charge in [-0.25, -0.2) is 4.39 Å². The van der Waals surface area contributed by atoms with Crippen molar-refractivity contribution in [2.24, 2.45) is 0 Å². The molecule has 6 heteroatoms. The van der Waals surface area contributed by atoms with Gasteiger partial charge in [-0.3, -0.25) is 9.59 Å². The molecule has 1 unspecified atom stereocenters. The number of rotatable bonds is 4. The number of carboxylic acids is 1. The van der Waals surface area contributed by atoms with Crippen LogP contribution in [0.15, 0.2) is 22.7 Å². The lowest BCUT2D eigenvalue weighted by molar-refractivity contribution is -0.137. The number of carboxylic acid groups (broad SMARTS) is 1. The summed E-state index contributed by atoms with van der Waals surface area (Å²) < 4.78 is 13.3. The number of halogens is 2. The van der Waals surface area contributed by atoms with Gasteiger partial charge in [0.15, 0.2) is 0 Å². The minimum Gasteiger partial charge on any atom is -0.481 e. The smallest absolute Gasteiger partial charge is 0.305 e. The first-order chi connectivity index (χ1) is 7.90. The van der Waals surface area contributed by atoms with Crippen molar-refractivity contribution in [2.75, 3.05) is 0 Å². The largest absolute Gasteiger partial charge is 0.481 e. The highest BCUT2D eigenvalue weighted by Crippen LogP contribution is 2.26. The van der Waals surface area contributed by atoms with E-state index in [0.717, 1.165) is 0 Å². The summed E-state index contributed by atoms with van der Waals surface area (Å²) in [7, 11) is 0. The second kappa shape index (κ2) is 5.77. The topological polar surface area (TPSA) is 66.4 Å². The van der Waals surface area contributed by atoms with Crippen molar-refractivity contribution in [3.63, 3.8) is 0 Å². The summed E-state index contributed by atoms with van der Waals surface area (Å²) in [4.78, 5) is 21.7. The molecule has 1 aromatic rings.